The summed E-state index contributed by atoms with van der Waals surface area (Å²) in [6.07, 6.45) is 7.14. The van der Waals surface area contributed by atoms with Crippen LogP contribution in [0.15, 0.2) is 0 Å². The van der Waals surface area contributed by atoms with Crippen LogP contribution in [0.4, 0.5) is 0 Å². The molecule has 0 saturated heterocycles. The Morgan fingerprint density at radius 2 is 2.17 bits per heavy atom. The van der Waals surface area contributed by atoms with Gasteiger partial charge in [-0.2, -0.15) is 0 Å². The number of rotatable bonds is 5. The van der Waals surface area contributed by atoms with E-state index < -0.39 is 12.0 Å². The lowest BCUT2D eigenvalue weighted by molar-refractivity contribution is -0.141. The van der Waals surface area contributed by atoms with Gasteiger partial charge in [0.1, 0.15) is 0 Å². The average molecular weight is 252 g/mol. The van der Waals surface area contributed by atoms with Crippen LogP contribution in [0.1, 0.15) is 69.7 Å². The fourth-order valence-electron chi connectivity index (χ4n) is 2.68. The number of carboxylic acids is 1. The lowest BCUT2D eigenvalue weighted by Crippen LogP contribution is -2.24. The van der Waals surface area contributed by atoms with E-state index in [1.807, 2.05) is 6.92 Å². The molecule has 0 aromatic carbocycles. The molecule has 0 spiro atoms. The maximum atomic E-state index is 11.3. The molecule has 18 heavy (non-hydrogen) atoms. The first-order valence-electron chi connectivity index (χ1n) is 6.74. The fraction of sp³-hybridized carbons (Fsp3) is 0.833. The molecule has 6 heteroatoms. The van der Waals surface area contributed by atoms with Gasteiger partial charge in [-0.25, -0.2) is 9.48 Å². The van der Waals surface area contributed by atoms with Crippen molar-refractivity contribution < 1.29 is 9.90 Å². The van der Waals surface area contributed by atoms with E-state index in [-0.39, 0.29) is 0 Å². The van der Waals surface area contributed by atoms with E-state index >= 15 is 0 Å². The summed E-state index contributed by atoms with van der Waals surface area (Å²) >= 11 is 0. The molecule has 1 aliphatic rings. The maximum Gasteiger partial charge on any atom is 0.328 e. The summed E-state index contributed by atoms with van der Waals surface area (Å²) in [5, 5.41) is 20.9. The van der Waals surface area contributed by atoms with Gasteiger partial charge in [-0.05, 0) is 29.7 Å². The molecule has 1 heterocycles. The second-order valence-electron chi connectivity index (χ2n) is 4.96. The van der Waals surface area contributed by atoms with E-state index in [0.717, 1.165) is 25.1 Å². The van der Waals surface area contributed by atoms with E-state index in [0.29, 0.717) is 12.3 Å². The zero-order valence-electron chi connectivity index (χ0n) is 10.7. The van der Waals surface area contributed by atoms with Gasteiger partial charge in [-0.15, -0.1) is 5.10 Å². The van der Waals surface area contributed by atoms with Gasteiger partial charge in [-0.3, -0.25) is 0 Å². The number of aromatic nitrogens is 4. The van der Waals surface area contributed by atoms with Gasteiger partial charge < -0.3 is 5.11 Å². The van der Waals surface area contributed by atoms with Gasteiger partial charge in [0.15, 0.2) is 11.9 Å². The van der Waals surface area contributed by atoms with Crippen LogP contribution < -0.4 is 0 Å². The average Bonchev–Trinajstić information content (AvgIpc) is 2.85. The predicted molar refractivity (Wildman–Crippen MR) is 65.2 cm³/mol. The van der Waals surface area contributed by atoms with Crippen molar-refractivity contribution in [1.29, 1.82) is 0 Å². The van der Waals surface area contributed by atoms with Crippen molar-refractivity contribution in [3.8, 4) is 0 Å². The van der Waals surface area contributed by atoms with E-state index in [4.69, 9.17) is 0 Å². The fourth-order valence-corrected chi connectivity index (χ4v) is 2.68. The Bertz CT molecular complexity index is 399. The molecule has 1 aliphatic carbocycles. The van der Waals surface area contributed by atoms with Gasteiger partial charge in [0.05, 0.1) is 0 Å². The molecule has 1 atom stereocenters. The van der Waals surface area contributed by atoms with Crippen LogP contribution in [-0.2, 0) is 4.79 Å². The first-order valence-corrected chi connectivity index (χ1v) is 6.74. The Labute approximate surface area is 106 Å². The van der Waals surface area contributed by atoms with E-state index in [2.05, 4.69) is 15.5 Å². The normalized spacial score (nSPS) is 18.7. The Morgan fingerprint density at radius 1 is 1.44 bits per heavy atom. The summed E-state index contributed by atoms with van der Waals surface area (Å²) < 4.78 is 1.53. The summed E-state index contributed by atoms with van der Waals surface area (Å²) in [5.74, 6) is 0.240. The third-order valence-corrected chi connectivity index (χ3v) is 3.63. The lowest BCUT2D eigenvalue weighted by atomic mass is 9.88. The summed E-state index contributed by atoms with van der Waals surface area (Å²) in [7, 11) is 0. The Kier molecular flexibility index (Phi) is 4.28. The first kappa shape index (κ1) is 13.0. The van der Waals surface area contributed by atoms with Crippen molar-refractivity contribution in [2.45, 2.75) is 63.8 Å². The molecule has 1 N–H and O–H groups in total. The van der Waals surface area contributed by atoms with E-state index in [1.165, 1.54) is 23.9 Å². The molecule has 0 radical (unpaired) electrons. The van der Waals surface area contributed by atoms with Crippen molar-refractivity contribution >= 4 is 5.97 Å². The van der Waals surface area contributed by atoms with E-state index in [9.17, 15) is 9.90 Å². The van der Waals surface area contributed by atoms with Crippen LogP contribution in [0.2, 0.25) is 0 Å². The maximum absolute atomic E-state index is 11.3. The number of tetrazole rings is 1. The van der Waals surface area contributed by atoms with Gasteiger partial charge in [0, 0.05) is 5.92 Å². The molecule has 1 fully saturated rings. The Hall–Kier alpha value is -1.46. The molecule has 100 valence electrons. The molecule has 0 aliphatic heterocycles. The highest BCUT2D eigenvalue weighted by Crippen LogP contribution is 2.32. The van der Waals surface area contributed by atoms with Crippen molar-refractivity contribution in [3.63, 3.8) is 0 Å². The summed E-state index contributed by atoms with van der Waals surface area (Å²) in [5.41, 5.74) is 0. The van der Waals surface area contributed by atoms with Crippen molar-refractivity contribution in [1.82, 2.24) is 20.2 Å². The van der Waals surface area contributed by atoms with Gasteiger partial charge in [0.2, 0.25) is 0 Å². The van der Waals surface area contributed by atoms with Crippen LogP contribution >= 0.6 is 0 Å². The molecular formula is C12H20N4O2. The molecule has 1 saturated carbocycles. The van der Waals surface area contributed by atoms with Gasteiger partial charge in [-0.1, -0.05) is 32.6 Å². The SMILES string of the molecule is CCCC(C(=O)O)n1nnnc1C1CCCCC1. The molecular weight excluding hydrogens is 232 g/mol. The molecule has 1 aromatic rings. The summed E-state index contributed by atoms with van der Waals surface area (Å²) in [6.45, 7) is 1.97. The number of carboxylic acid groups (broad SMARTS) is 1. The minimum Gasteiger partial charge on any atom is -0.480 e. The van der Waals surface area contributed by atoms with Crippen molar-refractivity contribution in [2.24, 2.45) is 0 Å². The zero-order chi connectivity index (χ0) is 13.0. The van der Waals surface area contributed by atoms with Crippen LogP contribution in [0.3, 0.4) is 0 Å². The van der Waals surface area contributed by atoms with Crippen LogP contribution in [-0.4, -0.2) is 31.3 Å². The molecule has 6 nitrogen and oxygen atoms in total. The van der Waals surface area contributed by atoms with Crippen LogP contribution in [0, 0.1) is 0 Å². The second kappa shape index (κ2) is 5.93. The third-order valence-electron chi connectivity index (χ3n) is 3.63. The number of aliphatic carboxylic acids is 1. The van der Waals surface area contributed by atoms with Crippen molar-refractivity contribution in [2.75, 3.05) is 0 Å². The summed E-state index contributed by atoms with van der Waals surface area (Å²) in [4.78, 5) is 11.3. The standard InChI is InChI=1S/C12H20N4O2/c1-2-6-10(12(17)18)16-11(13-14-15-16)9-7-4-3-5-8-9/h9-10H,2-8H2,1H3,(H,17,18). The minimum absolute atomic E-state index is 0.326. The molecule has 1 aromatic heterocycles. The zero-order valence-corrected chi connectivity index (χ0v) is 10.7. The quantitative estimate of drug-likeness (QED) is 0.868. The predicted octanol–water partition coefficient (Wildman–Crippen LogP) is 2.15. The Balaban J connectivity index is 2.21. The van der Waals surface area contributed by atoms with Crippen LogP contribution in [0.25, 0.3) is 0 Å². The highest BCUT2D eigenvalue weighted by atomic mass is 16.4. The highest BCUT2D eigenvalue weighted by Gasteiger charge is 2.28. The topological polar surface area (TPSA) is 80.9 Å². The molecule has 2 rings (SSSR count). The number of carbonyl (C=O) groups is 1. The number of hydrogen-bond donors (Lipinski definition) is 1. The Morgan fingerprint density at radius 3 is 2.78 bits per heavy atom. The largest absolute Gasteiger partial charge is 0.480 e. The second-order valence-corrected chi connectivity index (χ2v) is 4.96. The smallest absolute Gasteiger partial charge is 0.328 e. The van der Waals surface area contributed by atoms with Gasteiger partial charge in [0.25, 0.3) is 0 Å². The van der Waals surface area contributed by atoms with Crippen molar-refractivity contribution in [3.05, 3.63) is 5.82 Å². The lowest BCUT2D eigenvalue weighted by Gasteiger charge is -2.22. The monoisotopic (exact) mass is 252 g/mol. The third kappa shape index (κ3) is 2.68. The van der Waals surface area contributed by atoms with Gasteiger partial charge >= 0.3 is 5.97 Å². The van der Waals surface area contributed by atoms with E-state index in [1.54, 1.807) is 0 Å². The minimum atomic E-state index is -0.846. The highest BCUT2D eigenvalue weighted by molar-refractivity contribution is 5.71. The number of nitrogens with zero attached hydrogens (tertiary/aromatic N) is 4. The van der Waals surface area contributed by atoms with Crippen LogP contribution in [0.5, 0.6) is 0 Å². The molecule has 0 amide bonds. The first-order chi connectivity index (χ1) is 8.74. The number of hydrogen-bond acceptors (Lipinski definition) is 4. The molecule has 0 bridgehead atoms. The summed E-state index contributed by atoms with van der Waals surface area (Å²) in [6, 6.07) is -0.623. The molecule has 1 unspecified atom stereocenters.